The maximum Gasteiger partial charge on any atom is 0.358 e. The number of rotatable bonds is 3. The highest BCUT2D eigenvalue weighted by molar-refractivity contribution is 5.85. The van der Waals surface area contributed by atoms with E-state index in [4.69, 9.17) is 9.63 Å². The minimum absolute atomic E-state index is 0.0523. The van der Waals surface area contributed by atoms with E-state index in [9.17, 15) is 4.79 Å². The quantitative estimate of drug-likeness (QED) is 0.855. The van der Waals surface area contributed by atoms with Gasteiger partial charge in [0.15, 0.2) is 11.5 Å². The Bertz CT molecular complexity index is 574. The number of carboxylic acids is 1. The minimum Gasteiger partial charge on any atom is -0.476 e. The number of carbonyl (C=O) groups is 1. The van der Waals surface area contributed by atoms with Gasteiger partial charge in [0.05, 0.1) is 13.1 Å². The fraction of sp³-hybridized carbons (Fsp3) is 0.364. The van der Waals surface area contributed by atoms with Gasteiger partial charge in [0.2, 0.25) is 0 Å². The van der Waals surface area contributed by atoms with Crippen molar-refractivity contribution >= 4 is 5.97 Å². The van der Waals surface area contributed by atoms with Crippen LogP contribution in [-0.2, 0) is 19.6 Å². The highest BCUT2D eigenvalue weighted by Crippen LogP contribution is 2.14. The van der Waals surface area contributed by atoms with Crippen LogP contribution in [0.25, 0.3) is 0 Å². The van der Waals surface area contributed by atoms with Gasteiger partial charge in [0.25, 0.3) is 0 Å². The lowest BCUT2D eigenvalue weighted by Crippen LogP contribution is -2.33. The molecule has 0 aromatic carbocycles. The first kappa shape index (κ1) is 11.0. The van der Waals surface area contributed by atoms with Gasteiger partial charge >= 0.3 is 5.97 Å². The predicted molar refractivity (Wildman–Crippen MR) is 59.8 cm³/mol. The lowest BCUT2D eigenvalue weighted by atomic mass is 10.3. The summed E-state index contributed by atoms with van der Waals surface area (Å²) in [5, 5.41) is 12.3. The van der Waals surface area contributed by atoms with Crippen LogP contribution < -0.4 is 0 Å². The normalized spacial score (nSPS) is 15.6. The highest BCUT2D eigenvalue weighted by Gasteiger charge is 2.19. The van der Waals surface area contributed by atoms with Crippen molar-refractivity contribution in [2.24, 2.45) is 0 Å². The van der Waals surface area contributed by atoms with Gasteiger partial charge in [-0.2, -0.15) is 0 Å². The van der Waals surface area contributed by atoms with Crippen molar-refractivity contribution in [3.05, 3.63) is 35.7 Å². The Labute approximate surface area is 103 Å². The van der Waals surface area contributed by atoms with Crippen LogP contribution in [0.4, 0.5) is 0 Å². The number of aromatic nitrogens is 3. The molecule has 1 aliphatic rings. The zero-order valence-electron chi connectivity index (χ0n) is 9.61. The van der Waals surface area contributed by atoms with E-state index in [0.29, 0.717) is 12.3 Å². The number of hydrogen-bond acceptors (Lipinski definition) is 5. The van der Waals surface area contributed by atoms with Crippen LogP contribution in [-0.4, -0.2) is 37.2 Å². The molecule has 0 spiro atoms. The fourth-order valence-electron chi connectivity index (χ4n) is 2.07. The summed E-state index contributed by atoms with van der Waals surface area (Å²) in [5.41, 5.74) is -0.0523. The summed E-state index contributed by atoms with van der Waals surface area (Å²) in [4.78, 5) is 17.1. The Morgan fingerprint density at radius 3 is 3.17 bits per heavy atom. The second kappa shape index (κ2) is 4.26. The molecule has 1 aliphatic heterocycles. The van der Waals surface area contributed by atoms with Crippen molar-refractivity contribution in [3.8, 4) is 0 Å². The first-order valence-corrected chi connectivity index (χ1v) is 5.63. The Kier molecular flexibility index (Phi) is 2.60. The Hall–Kier alpha value is -2.15. The molecule has 0 saturated heterocycles. The number of hydrogen-bond donors (Lipinski definition) is 1. The van der Waals surface area contributed by atoms with E-state index in [2.05, 4.69) is 19.6 Å². The molecule has 0 saturated carbocycles. The van der Waals surface area contributed by atoms with Crippen LogP contribution >= 0.6 is 0 Å². The van der Waals surface area contributed by atoms with Gasteiger partial charge in [0.1, 0.15) is 5.82 Å². The lowest BCUT2D eigenvalue weighted by molar-refractivity contribution is 0.0685. The van der Waals surface area contributed by atoms with E-state index in [1.165, 1.54) is 6.07 Å². The maximum atomic E-state index is 10.7. The molecule has 2 aromatic heterocycles. The van der Waals surface area contributed by atoms with Crippen molar-refractivity contribution in [1.29, 1.82) is 0 Å². The van der Waals surface area contributed by atoms with Crippen molar-refractivity contribution in [2.45, 2.75) is 19.6 Å². The topological polar surface area (TPSA) is 84.4 Å². The summed E-state index contributed by atoms with van der Waals surface area (Å²) >= 11 is 0. The molecule has 0 aliphatic carbocycles. The molecule has 0 amide bonds. The standard InChI is InChI=1S/C11H12N4O3/c16-11(17)9-5-8(18-13-9)6-14-3-4-15-2-1-12-10(15)7-14/h1-2,5H,3-4,6-7H2,(H,16,17). The summed E-state index contributed by atoms with van der Waals surface area (Å²) < 4.78 is 7.11. The molecular formula is C11H12N4O3. The molecule has 7 heteroatoms. The molecule has 0 unspecified atom stereocenters. The highest BCUT2D eigenvalue weighted by atomic mass is 16.5. The Balaban J connectivity index is 1.68. The van der Waals surface area contributed by atoms with Gasteiger partial charge in [-0.3, -0.25) is 4.90 Å². The summed E-state index contributed by atoms with van der Waals surface area (Å²) in [7, 11) is 0. The van der Waals surface area contributed by atoms with Gasteiger partial charge in [-0.1, -0.05) is 5.16 Å². The molecule has 94 valence electrons. The van der Waals surface area contributed by atoms with Crippen molar-refractivity contribution in [1.82, 2.24) is 19.6 Å². The third kappa shape index (κ3) is 2.00. The first-order valence-electron chi connectivity index (χ1n) is 5.63. The number of carboxylic acid groups (broad SMARTS) is 1. The van der Waals surface area contributed by atoms with Crippen molar-refractivity contribution in [2.75, 3.05) is 6.54 Å². The van der Waals surface area contributed by atoms with Crippen LogP contribution in [0.3, 0.4) is 0 Å². The number of imidazole rings is 1. The Morgan fingerprint density at radius 1 is 1.50 bits per heavy atom. The molecule has 0 bridgehead atoms. The molecule has 7 nitrogen and oxygen atoms in total. The third-order valence-corrected chi connectivity index (χ3v) is 2.98. The summed E-state index contributed by atoms with van der Waals surface area (Å²) in [6, 6.07) is 1.46. The zero-order chi connectivity index (χ0) is 12.5. The number of aromatic carboxylic acids is 1. The molecule has 18 heavy (non-hydrogen) atoms. The van der Waals surface area contributed by atoms with Gasteiger partial charge in [-0.15, -0.1) is 0 Å². The second-order valence-electron chi connectivity index (χ2n) is 4.23. The fourth-order valence-corrected chi connectivity index (χ4v) is 2.07. The van der Waals surface area contributed by atoms with E-state index < -0.39 is 5.97 Å². The van der Waals surface area contributed by atoms with Crippen LogP contribution in [0.1, 0.15) is 22.1 Å². The molecule has 2 aromatic rings. The smallest absolute Gasteiger partial charge is 0.358 e. The van der Waals surface area contributed by atoms with Gasteiger partial charge < -0.3 is 14.2 Å². The SMILES string of the molecule is O=C(O)c1cc(CN2CCn3ccnc3C2)on1. The van der Waals surface area contributed by atoms with Crippen molar-refractivity contribution in [3.63, 3.8) is 0 Å². The van der Waals surface area contributed by atoms with Gasteiger partial charge in [-0.05, 0) is 0 Å². The molecule has 0 atom stereocenters. The van der Waals surface area contributed by atoms with Gasteiger partial charge in [-0.25, -0.2) is 9.78 Å². The average Bonchev–Trinajstić information content (AvgIpc) is 2.96. The van der Waals surface area contributed by atoms with Crippen LogP contribution in [0.15, 0.2) is 23.0 Å². The van der Waals surface area contributed by atoms with E-state index in [-0.39, 0.29) is 5.69 Å². The Morgan fingerprint density at radius 2 is 2.39 bits per heavy atom. The third-order valence-electron chi connectivity index (χ3n) is 2.98. The molecule has 1 N–H and O–H groups in total. The van der Waals surface area contributed by atoms with E-state index >= 15 is 0 Å². The zero-order valence-corrected chi connectivity index (χ0v) is 9.61. The second-order valence-corrected chi connectivity index (χ2v) is 4.23. The van der Waals surface area contributed by atoms with Crippen LogP contribution in [0, 0.1) is 0 Å². The van der Waals surface area contributed by atoms with E-state index in [1.807, 2.05) is 6.20 Å². The van der Waals surface area contributed by atoms with Crippen LogP contribution in [0.2, 0.25) is 0 Å². The molecule has 3 heterocycles. The van der Waals surface area contributed by atoms with Crippen LogP contribution in [0.5, 0.6) is 0 Å². The maximum absolute atomic E-state index is 10.7. The molecular weight excluding hydrogens is 236 g/mol. The minimum atomic E-state index is -1.07. The van der Waals surface area contributed by atoms with E-state index in [0.717, 1.165) is 25.5 Å². The molecule has 3 rings (SSSR count). The van der Waals surface area contributed by atoms with Crippen molar-refractivity contribution < 1.29 is 14.4 Å². The molecule has 0 fully saturated rings. The number of nitrogens with zero attached hydrogens (tertiary/aromatic N) is 4. The average molecular weight is 248 g/mol. The molecule has 0 radical (unpaired) electrons. The first-order chi connectivity index (χ1) is 8.72. The number of fused-ring (bicyclic) bond motifs is 1. The summed E-state index contributed by atoms with van der Waals surface area (Å²) in [6.07, 6.45) is 3.75. The predicted octanol–water partition coefficient (Wildman–Crippen LogP) is 0.585. The largest absolute Gasteiger partial charge is 0.476 e. The van der Waals surface area contributed by atoms with E-state index in [1.54, 1.807) is 6.20 Å². The lowest BCUT2D eigenvalue weighted by Gasteiger charge is -2.26. The monoisotopic (exact) mass is 248 g/mol. The van der Waals surface area contributed by atoms with Gasteiger partial charge in [0, 0.05) is 31.5 Å². The summed E-state index contributed by atoms with van der Waals surface area (Å²) in [6.45, 7) is 3.05. The summed E-state index contributed by atoms with van der Waals surface area (Å²) in [5.74, 6) is 0.505.